The number of hydrogen-bond acceptors (Lipinski definition) is 4. The molecule has 0 aliphatic rings. The second-order valence-corrected chi connectivity index (χ2v) is 7.08. The van der Waals surface area contributed by atoms with Gasteiger partial charge in [-0.15, -0.1) is 0 Å². The number of esters is 1. The summed E-state index contributed by atoms with van der Waals surface area (Å²) < 4.78 is 5.20. The topological polar surface area (TPSA) is 88.3 Å². The average molecular weight is 404 g/mol. The van der Waals surface area contributed by atoms with Crippen LogP contribution in [0.3, 0.4) is 0 Å². The van der Waals surface area contributed by atoms with Gasteiger partial charge in [-0.2, -0.15) is 0 Å². The minimum absolute atomic E-state index is 0.133. The van der Waals surface area contributed by atoms with Crippen LogP contribution in [0.2, 0.25) is 0 Å². The molecule has 2 aromatic carbocycles. The number of nitrogens with one attached hydrogen (secondary N) is 2. The fraction of sp³-hybridized carbons (Fsp3) is 0.208. The van der Waals surface area contributed by atoms with Gasteiger partial charge < -0.3 is 15.0 Å². The fourth-order valence-corrected chi connectivity index (χ4v) is 3.54. The Balaban J connectivity index is 1.70. The van der Waals surface area contributed by atoms with Gasteiger partial charge in [0.2, 0.25) is 0 Å². The van der Waals surface area contributed by atoms with Crippen LogP contribution >= 0.6 is 0 Å². The molecule has 6 nitrogen and oxygen atoms in total. The molecule has 2 N–H and O–H groups in total. The van der Waals surface area contributed by atoms with Crippen molar-refractivity contribution in [2.24, 2.45) is 0 Å². The molecule has 1 heterocycles. The van der Waals surface area contributed by atoms with E-state index in [1.54, 1.807) is 13.8 Å². The quantitative estimate of drug-likeness (QED) is 0.462. The molecule has 0 atom stereocenters. The number of hydrogen-bond donors (Lipinski definition) is 2. The standard InChI is InChI=1S/C24H24N2O4/c1-15-21(17(3)27)16(2)25-22(15)24(29)30-14-20(28)26-23(18-10-6-4-7-11-18)19-12-8-5-9-13-19/h4-13,23,25H,14H2,1-3H3,(H,26,28). The number of ether oxygens (including phenoxy) is 1. The van der Waals surface area contributed by atoms with Crippen LogP contribution in [0.5, 0.6) is 0 Å². The molecule has 3 rings (SSSR count). The zero-order valence-corrected chi connectivity index (χ0v) is 17.2. The molecule has 0 aliphatic heterocycles. The molecule has 30 heavy (non-hydrogen) atoms. The van der Waals surface area contributed by atoms with Gasteiger partial charge >= 0.3 is 5.97 Å². The molecule has 1 aromatic heterocycles. The number of rotatable bonds is 7. The van der Waals surface area contributed by atoms with Crippen molar-refractivity contribution in [1.29, 1.82) is 0 Å². The Hall–Kier alpha value is -3.67. The number of ketones is 1. The predicted octanol–water partition coefficient (Wildman–Crippen LogP) is 3.90. The highest BCUT2D eigenvalue weighted by molar-refractivity contribution is 6.01. The highest BCUT2D eigenvalue weighted by Gasteiger charge is 2.22. The van der Waals surface area contributed by atoms with Gasteiger partial charge in [-0.25, -0.2) is 4.79 Å². The number of aromatic amines is 1. The summed E-state index contributed by atoms with van der Waals surface area (Å²) in [6, 6.07) is 18.8. The maximum absolute atomic E-state index is 12.5. The van der Waals surface area contributed by atoms with Crippen molar-refractivity contribution in [1.82, 2.24) is 10.3 Å². The highest BCUT2D eigenvalue weighted by atomic mass is 16.5. The summed E-state index contributed by atoms with van der Waals surface area (Å²) in [7, 11) is 0. The molecule has 0 saturated heterocycles. The first kappa shape index (κ1) is 21.0. The molecule has 6 heteroatoms. The minimum Gasteiger partial charge on any atom is -0.451 e. The van der Waals surface area contributed by atoms with E-state index < -0.39 is 18.5 Å². The van der Waals surface area contributed by atoms with Crippen molar-refractivity contribution >= 4 is 17.7 Å². The largest absolute Gasteiger partial charge is 0.451 e. The average Bonchev–Trinajstić information content (AvgIpc) is 3.05. The third kappa shape index (κ3) is 4.66. The molecule has 0 spiro atoms. The van der Waals surface area contributed by atoms with Gasteiger partial charge in [0.05, 0.1) is 6.04 Å². The monoisotopic (exact) mass is 404 g/mol. The third-order valence-electron chi connectivity index (χ3n) is 4.90. The summed E-state index contributed by atoms with van der Waals surface area (Å²) in [5.74, 6) is -1.23. The number of Topliss-reactive ketones (excluding diaryl/α,β-unsaturated/α-hetero) is 1. The second kappa shape index (κ2) is 9.22. The normalized spacial score (nSPS) is 10.7. The Morgan fingerprint density at radius 2 is 1.47 bits per heavy atom. The summed E-state index contributed by atoms with van der Waals surface area (Å²) in [6.07, 6.45) is 0. The predicted molar refractivity (Wildman–Crippen MR) is 113 cm³/mol. The van der Waals surface area contributed by atoms with E-state index in [9.17, 15) is 14.4 Å². The van der Waals surface area contributed by atoms with Gasteiger partial charge in [0.1, 0.15) is 5.69 Å². The number of carbonyl (C=O) groups excluding carboxylic acids is 3. The van der Waals surface area contributed by atoms with Crippen molar-refractivity contribution < 1.29 is 19.1 Å². The van der Waals surface area contributed by atoms with E-state index >= 15 is 0 Å². The molecule has 0 aliphatic carbocycles. The maximum atomic E-state index is 12.5. The van der Waals surface area contributed by atoms with E-state index in [-0.39, 0.29) is 17.5 Å². The Kier molecular flexibility index (Phi) is 6.47. The Morgan fingerprint density at radius 1 is 0.933 bits per heavy atom. The van der Waals surface area contributed by atoms with Crippen molar-refractivity contribution in [3.05, 3.63) is 94.3 Å². The lowest BCUT2D eigenvalue weighted by atomic mass is 9.99. The Bertz CT molecular complexity index is 1020. The minimum atomic E-state index is -0.672. The smallest absolute Gasteiger partial charge is 0.355 e. The van der Waals surface area contributed by atoms with E-state index in [0.29, 0.717) is 16.8 Å². The first-order chi connectivity index (χ1) is 14.4. The lowest BCUT2D eigenvalue weighted by Crippen LogP contribution is -2.33. The van der Waals surface area contributed by atoms with Crippen LogP contribution in [0.25, 0.3) is 0 Å². The molecule has 0 radical (unpaired) electrons. The molecule has 1 amide bonds. The van der Waals surface area contributed by atoms with E-state index in [0.717, 1.165) is 11.1 Å². The van der Waals surface area contributed by atoms with Crippen molar-refractivity contribution in [2.75, 3.05) is 6.61 Å². The third-order valence-corrected chi connectivity index (χ3v) is 4.90. The first-order valence-electron chi connectivity index (χ1n) is 9.65. The summed E-state index contributed by atoms with van der Waals surface area (Å²) >= 11 is 0. The second-order valence-electron chi connectivity index (χ2n) is 7.08. The number of H-pyrrole nitrogens is 1. The van der Waals surface area contributed by atoms with Gasteiger partial charge in [0.15, 0.2) is 12.4 Å². The van der Waals surface area contributed by atoms with Gasteiger partial charge in [0.25, 0.3) is 5.91 Å². The molecular formula is C24H24N2O4. The highest BCUT2D eigenvalue weighted by Crippen LogP contribution is 2.22. The molecule has 0 bridgehead atoms. The van der Waals surface area contributed by atoms with E-state index in [2.05, 4.69) is 10.3 Å². The number of amides is 1. The molecule has 0 unspecified atom stereocenters. The van der Waals surface area contributed by atoms with Crippen LogP contribution < -0.4 is 5.32 Å². The van der Waals surface area contributed by atoms with E-state index in [4.69, 9.17) is 4.74 Å². The van der Waals surface area contributed by atoms with Crippen LogP contribution in [0.15, 0.2) is 60.7 Å². The zero-order valence-electron chi connectivity index (χ0n) is 17.2. The van der Waals surface area contributed by atoms with Crippen LogP contribution in [0, 0.1) is 13.8 Å². The summed E-state index contributed by atoms with van der Waals surface area (Å²) in [4.78, 5) is 39.6. The van der Waals surface area contributed by atoms with Crippen molar-refractivity contribution in [3.8, 4) is 0 Å². The summed E-state index contributed by atoms with van der Waals surface area (Å²) in [6.45, 7) is 4.41. The van der Waals surface area contributed by atoms with E-state index in [1.165, 1.54) is 6.92 Å². The van der Waals surface area contributed by atoms with Gasteiger partial charge in [0, 0.05) is 11.3 Å². The summed E-state index contributed by atoms with van der Waals surface area (Å²) in [5.41, 5.74) is 3.63. The van der Waals surface area contributed by atoms with Crippen molar-refractivity contribution in [2.45, 2.75) is 26.8 Å². The maximum Gasteiger partial charge on any atom is 0.355 e. The molecular weight excluding hydrogens is 380 g/mol. The number of carbonyl (C=O) groups is 3. The number of aryl methyl sites for hydroxylation is 1. The zero-order chi connectivity index (χ0) is 21.7. The van der Waals surface area contributed by atoms with Gasteiger partial charge in [-0.1, -0.05) is 60.7 Å². The SMILES string of the molecule is CC(=O)c1c(C)[nH]c(C(=O)OCC(=O)NC(c2ccccc2)c2ccccc2)c1C. The van der Waals surface area contributed by atoms with Crippen molar-refractivity contribution in [3.63, 3.8) is 0 Å². The summed E-state index contributed by atoms with van der Waals surface area (Å²) in [5, 5.41) is 2.93. The molecule has 0 saturated carbocycles. The molecule has 3 aromatic rings. The van der Waals surface area contributed by atoms with Crippen LogP contribution in [-0.4, -0.2) is 29.3 Å². The van der Waals surface area contributed by atoms with Gasteiger partial charge in [-0.05, 0) is 37.5 Å². The van der Waals surface area contributed by atoms with Gasteiger partial charge in [-0.3, -0.25) is 9.59 Å². The van der Waals surface area contributed by atoms with Crippen LogP contribution in [0.4, 0.5) is 0 Å². The first-order valence-corrected chi connectivity index (χ1v) is 9.65. The van der Waals surface area contributed by atoms with E-state index in [1.807, 2.05) is 60.7 Å². The molecule has 154 valence electrons. The molecule has 0 fully saturated rings. The Morgan fingerprint density at radius 3 is 1.93 bits per heavy atom. The lowest BCUT2D eigenvalue weighted by molar-refractivity contribution is -0.124. The number of aromatic nitrogens is 1. The van der Waals surface area contributed by atoms with Crippen LogP contribution in [0.1, 0.15) is 56.2 Å². The number of benzene rings is 2. The lowest BCUT2D eigenvalue weighted by Gasteiger charge is -2.20. The van der Waals surface area contributed by atoms with Crippen LogP contribution in [-0.2, 0) is 9.53 Å². The Labute approximate surface area is 175 Å². The fourth-order valence-electron chi connectivity index (χ4n) is 3.54.